The average molecular weight is 520 g/mol. The Labute approximate surface area is 215 Å². The summed E-state index contributed by atoms with van der Waals surface area (Å²) in [5.41, 5.74) is 2.35. The lowest BCUT2D eigenvalue weighted by Gasteiger charge is -2.13. The van der Waals surface area contributed by atoms with Gasteiger partial charge in [0, 0.05) is 0 Å². The Balaban J connectivity index is 1.44. The SMILES string of the molecule is COc1cc(/C=C2\SC(=O)N(Cc3ccc(C(=O)O)cc3)C2=O)ccc1OCc1ccc(C(=O)O)cc1. The second-order valence-corrected chi connectivity index (χ2v) is 8.96. The number of thioether (sulfide) groups is 1. The number of carboxylic acids is 2. The minimum atomic E-state index is -1.05. The van der Waals surface area contributed by atoms with Gasteiger partial charge in [0.25, 0.3) is 11.1 Å². The number of amides is 2. The van der Waals surface area contributed by atoms with Crippen LogP contribution in [0.15, 0.2) is 71.6 Å². The third-order valence-corrected chi connectivity index (χ3v) is 6.40. The molecule has 4 rings (SSSR count). The van der Waals surface area contributed by atoms with Crippen molar-refractivity contribution in [3.05, 3.63) is 99.5 Å². The van der Waals surface area contributed by atoms with Gasteiger partial charge in [0.15, 0.2) is 11.5 Å². The minimum Gasteiger partial charge on any atom is -0.493 e. The van der Waals surface area contributed by atoms with Crippen LogP contribution in [0.1, 0.15) is 37.4 Å². The summed E-state index contributed by atoms with van der Waals surface area (Å²) in [6.07, 6.45) is 1.59. The lowest BCUT2D eigenvalue weighted by molar-refractivity contribution is -0.123. The van der Waals surface area contributed by atoms with Crippen LogP contribution >= 0.6 is 11.8 Å². The molecule has 1 heterocycles. The van der Waals surface area contributed by atoms with Crippen LogP contribution in [0, 0.1) is 0 Å². The third-order valence-electron chi connectivity index (χ3n) is 5.50. The molecule has 0 atom stereocenters. The molecule has 2 N–H and O–H groups in total. The van der Waals surface area contributed by atoms with Gasteiger partial charge in [-0.2, -0.15) is 0 Å². The number of carbonyl (C=O) groups excluding carboxylic acids is 2. The van der Waals surface area contributed by atoms with Gasteiger partial charge in [-0.1, -0.05) is 30.3 Å². The van der Waals surface area contributed by atoms with Gasteiger partial charge in [-0.05, 0) is 70.9 Å². The normalized spacial score (nSPS) is 14.2. The molecule has 1 aliphatic heterocycles. The van der Waals surface area contributed by atoms with Crippen molar-refractivity contribution < 1.29 is 38.9 Å². The summed E-state index contributed by atoms with van der Waals surface area (Å²) < 4.78 is 11.2. The highest BCUT2D eigenvalue weighted by Gasteiger charge is 2.35. The van der Waals surface area contributed by atoms with Crippen molar-refractivity contribution in [2.45, 2.75) is 13.2 Å². The van der Waals surface area contributed by atoms with Crippen LogP contribution in [0.2, 0.25) is 0 Å². The molecule has 0 spiro atoms. The zero-order valence-electron chi connectivity index (χ0n) is 19.5. The van der Waals surface area contributed by atoms with Crippen LogP contribution in [-0.2, 0) is 17.9 Å². The smallest absolute Gasteiger partial charge is 0.335 e. The summed E-state index contributed by atoms with van der Waals surface area (Å²) in [7, 11) is 1.48. The molecule has 3 aromatic carbocycles. The monoisotopic (exact) mass is 519 g/mol. The zero-order chi connectivity index (χ0) is 26.5. The van der Waals surface area contributed by atoms with Gasteiger partial charge in [-0.3, -0.25) is 14.5 Å². The number of imide groups is 1. The average Bonchev–Trinajstić information content (AvgIpc) is 3.15. The summed E-state index contributed by atoms with van der Waals surface area (Å²) in [6, 6.07) is 17.4. The lowest BCUT2D eigenvalue weighted by Crippen LogP contribution is -2.27. The molecule has 188 valence electrons. The number of rotatable bonds is 9. The Hall–Kier alpha value is -4.57. The van der Waals surface area contributed by atoms with E-state index in [9.17, 15) is 19.2 Å². The number of hydrogen-bond acceptors (Lipinski definition) is 7. The van der Waals surface area contributed by atoms with E-state index in [0.29, 0.717) is 22.6 Å². The second-order valence-electron chi connectivity index (χ2n) is 7.97. The van der Waals surface area contributed by atoms with Crippen molar-refractivity contribution in [2.75, 3.05) is 7.11 Å². The van der Waals surface area contributed by atoms with E-state index in [1.807, 2.05) is 0 Å². The Morgan fingerprint density at radius 1 is 0.865 bits per heavy atom. The molecule has 0 unspecified atom stereocenters. The standard InChI is InChI=1S/C27H21NO8S/c1-35-22-12-18(6-11-21(22)36-15-17-4-9-20(10-5-17)26(32)33)13-23-24(29)28(27(34)37-23)14-16-2-7-19(8-3-16)25(30)31/h2-13H,14-15H2,1H3,(H,30,31)(H,32,33)/b23-13-. The molecule has 2 amide bonds. The first-order chi connectivity index (χ1) is 17.7. The predicted molar refractivity (Wildman–Crippen MR) is 136 cm³/mol. The fourth-order valence-corrected chi connectivity index (χ4v) is 4.36. The molecule has 0 aromatic heterocycles. The highest BCUT2D eigenvalue weighted by atomic mass is 32.2. The largest absolute Gasteiger partial charge is 0.493 e. The molecule has 37 heavy (non-hydrogen) atoms. The summed E-state index contributed by atoms with van der Waals surface area (Å²) in [4.78, 5) is 48.7. The lowest BCUT2D eigenvalue weighted by atomic mass is 10.1. The Morgan fingerprint density at radius 3 is 2.03 bits per heavy atom. The van der Waals surface area contributed by atoms with Crippen LogP contribution in [0.4, 0.5) is 4.79 Å². The molecule has 0 saturated carbocycles. The second kappa shape index (κ2) is 11.0. The first kappa shape index (κ1) is 25.5. The number of methoxy groups -OCH3 is 1. The topological polar surface area (TPSA) is 130 Å². The maximum absolute atomic E-state index is 12.9. The predicted octanol–water partition coefficient (Wildman–Crippen LogP) is 4.91. The Bertz CT molecular complexity index is 1400. The molecule has 1 saturated heterocycles. The van der Waals surface area contributed by atoms with Gasteiger partial charge >= 0.3 is 11.9 Å². The Morgan fingerprint density at radius 2 is 1.46 bits per heavy atom. The third kappa shape index (κ3) is 5.99. The summed E-state index contributed by atoms with van der Waals surface area (Å²) >= 11 is 0.823. The van der Waals surface area contributed by atoms with E-state index < -0.39 is 23.1 Å². The summed E-state index contributed by atoms with van der Waals surface area (Å²) in [6.45, 7) is 0.230. The van der Waals surface area contributed by atoms with Crippen LogP contribution in [0.25, 0.3) is 6.08 Å². The molecule has 1 aliphatic rings. The highest BCUT2D eigenvalue weighted by molar-refractivity contribution is 8.18. The van der Waals surface area contributed by atoms with Crippen molar-refractivity contribution in [3.8, 4) is 11.5 Å². The van der Waals surface area contributed by atoms with Crippen LogP contribution in [-0.4, -0.2) is 45.3 Å². The number of carbonyl (C=O) groups is 4. The van der Waals surface area contributed by atoms with Crippen molar-refractivity contribution in [3.63, 3.8) is 0 Å². The maximum atomic E-state index is 12.9. The highest BCUT2D eigenvalue weighted by Crippen LogP contribution is 2.35. The first-order valence-electron chi connectivity index (χ1n) is 11.0. The van der Waals surface area contributed by atoms with Gasteiger partial charge in [0.1, 0.15) is 6.61 Å². The number of nitrogens with zero attached hydrogens (tertiary/aromatic N) is 1. The number of hydrogen-bond donors (Lipinski definition) is 2. The van der Waals surface area contributed by atoms with E-state index in [2.05, 4.69) is 0 Å². The maximum Gasteiger partial charge on any atom is 0.335 e. The molecule has 0 radical (unpaired) electrons. The number of aromatic carboxylic acids is 2. The van der Waals surface area contributed by atoms with E-state index in [-0.39, 0.29) is 29.2 Å². The molecular formula is C27H21NO8S. The Kier molecular flexibility index (Phi) is 7.59. The molecule has 9 nitrogen and oxygen atoms in total. The number of ether oxygens (including phenoxy) is 2. The van der Waals surface area contributed by atoms with E-state index in [4.69, 9.17) is 19.7 Å². The summed E-state index contributed by atoms with van der Waals surface area (Å²) in [5, 5.41) is 17.6. The van der Waals surface area contributed by atoms with Crippen molar-refractivity contribution in [2.24, 2.45) is 0 Å². The number of carboxylic acid groups (broad SMARTS) is 2. The fraction of sp³-hybridized carbons (Fsp3) is 0.111. The fourth-order valence-electron chi connectivity index (χ4n) is 3.52. The van der Waals surface area contributed by atoms with Crippen molar-refractivity contribution >= 4 is 40.9 Å². The molecule has 0 aliphatic carbocycles. The van der Waals surface area contributed by atoms with Crippen LogP contribution in [0.5, 0.6) is 11.5 Å². The molecule has 10 heteroatoms. The van der Waals surface area contributed by atoms with E-state index in [1.54, 1.807) is 48.5 Å². The first-order valence-corrected chi connectivity index (χ1v) is 11.8. The van der Waals surface area contributed by atoms with Crippen LogP contribution in [0.3, 0.4) is 0 Å². The zero-order valence-corrected chi connectivity index (χ0v) is 20.4. The van der Waals surface area contributed by atoms with Gasteiger partial charge in [0.2, 0.25) is 0 Å². The van der Waals surface area contributed by atoms with Gasteiger partial charge in [-0.15, -0.1) is 0 Å². The molecule has 3 aromatic rings. The number of benzene rings is 3. The van der Waals surface area contributed by atoms with Crippen molar-refractivity contribution in [1.29, 1.82) is 0 Å². The van der Waals surface area contributed by atoms with E-state index in [1.165, 1.54) is 31.4 Å². The van der Waals surface area contributed by atoms with E-state index in [0.717, 1.165) is 22.2 Å². The van der Waals surface area contributed by atoms with Crippen LogP contribution < -0.4 is 9.47 Å². The molecular weight excluding hydrogens is 498 g/mol. The van der Waals surface area contributed by atoms with E-state index >= 15 is 0 Å². The van der Waals surface area contributed by atoms with Gasteiger partial charge in [0.05, 0.1) is 29.7 Å². The van der Waals surface area contributed by atoms with Gasteiger partial charge < -0.3 is 19.7 Å². The minimum absolute atomic E-state index is 0.0332. The molecule has 0 bridgehead atoms. The quantitative estimate of drug-likeness (QED) is 0.379. The summed E-state index contributed by atoms with van der Waals surface area (Å²) in [5.74, 6) is -1.62. The molecule has 1 fully saturated rings. The van der Waals surface area contributed by atoms with Crippen molar-refractivity contribution in [1.82, 2.24) is 4.90 Å². The van der Waals surface area contributed by atoms with Gasteiger partial charge in [-0.25, -0.2) is 9.59 Å².